The molecule has 0 spiro atoms. The van der Waals surface area contributed by atoms with Gasteiger partial charge in [-0.2, -0.15) is 0 Å². The normalized spacial score (nSPS) is 16.3. The van der Waals surface area contributed by atoms with Gasteiger partial charge in [0.05, 0.1) is 11.0 Å². The van der Waals surface area contributed by atoms with Crippen molar-refractivity contribution >= 4 is 15.7 Å². The Hall–Kier alpha value is -1.11. The van der Waals surface area contributed by atoms with E-state index in [4.69, 9.17) is 4.74 Å². The van der Waals surface area contributed by atoms with Crippen LogP contribution in [0.2, 0.25) is 0 Å². The number of sulfonamides is 1. The summed E-state index contributed by atoms with van der Waals surface area (Å²) in [6.45, 7) is 5.48. The van der Waals surface area contributed by atoms with Gasteiger partial charge in [0.2, 0.25) is 10.0 Å². The summed E-state index contributed by atoms with van der Waals surface area (Å²) in [7, 11) is -3.48. The van der Waals surface area contributed by atoms with Crippen molar-refractivity contribution in [2.75, 3.05) is 25.0 Å². The second-order valence-corrected chi connectivity index (χ2v) is 6.73. The fourth-order valence-corrected chi connectivity index (χ4v) is 3.40. The smallest absolute Gasteiger partial charge is 0.240 e. The molecule has 1 aromatic rings. The van der Waals surface area contributed by atoms with Crippen LogP contribution in [-0.4, -0.2) is 34.2 Å². The summed E-state index contributed by atoms with van der Waals surface area (Å²) in [6.07, 6.45) is 1.95. The lowest BCUT2D eigenvalue weighted by molar-refractivity contribution is 0.0799. The Morgan fingerprint density at radius 1 is 1.45 bits per heavy atom. The maximum atomic E-state index is 12.2. The number of benzene rings is 1. The summed E-state index contributed by atoms with van der Waals surface area (Å²) in [5.41, 5.74) is 2.11. The van der Waals surface area contributed by atoms with Crippen LogP contribution in [0.3, 0.4) is 0 Å². The van der Waals surface area contributed by atoms with Crippen molar-refractivity contribution in [3.8, 4) is 0 Å². The first kappa shape index (κ1) is 15.3. The SMILES string of the molecule is CCOC(C)CNS(=O)(=O)c1ccc2c(c1)NCCC2. The number of hydrogen-bond donors (Lipinski definition) is 2. The van der Waals surface area contributed by atoms with Gasteiger partial charge in [-0.1, -0.05) is 6.07 Å². The van der Waals surface area contributed by atoms with Gasteiger partial charge in [0, 0.05) is 25.4 Å². The molecule has 1 unspecified atom stereocenters. The molecule has 1 aliphatic rings. The van der Waals surface area contributed by atoms with Crippen molar-refractivity contribution in [3.05, 3.63) is 23.8 Å². The number of aryl methyl sites for hydroxylation is 1. The summed E-state index contributed by atoms with van der Waals surface area (Å²) < 4.78 is 32.4. The zero-order valence-electron chi connectivity index (χ0n) is 12.0. The standard InChI is InChI=1S/C14H22N2O3S/c1-3-19-11(2)10-16-20(17,18)13-7-6-12-5-4-8-15-14(12)9-13/h6-7,9,11,15-16H,3-5,8,10H2,1-2H3. The molecular formula is C14H22N2O3S. The Kier molecular flexibility index (Phi) is 5.01. The Bertz CT molecular complexity index is 558. The highest BCUT2D eigenvalue weighted by atomic mass is 32.2. The molecule has 6 heteroatoms. The molecule has 1 atom stereocenters. The monoisotopic (exact) mass is 298 g/mol. The van der Waals surface area contributed by atoms with E-state index in [1.54, 1.807) is 12.1 Å². The van der Waals surface area contributed by atoms with Gasteiger partial charge >= 0.3 is 0 Å². The van der Waals surface area contributed by atoms with Crippen molar-refractivity contribution in [1.29, 1.82) is 0 Å². The molecule has 1 aliphatic heterocycles. The number of nitrogens with one attached hydrogen (secondary N) is 2. The minimum atomic E-state index is -3.48. The first-order chi connectivity index (χ1) is 9.53. The average Bonchev–Trinajstić information content (AvgIpc) is 2.45. The Labute approximate surface area is 120 Å². The molecule has 0 bridgehead atoms. The highest BCUT2D eigenvalue weighted by Gasteiger charge is 2.18. The van der Waals surface area contributed by atoms with Gasteiger partial charge in [-0.05, 0) is 44.4 Å². The summed E-state index contributed by atoms with van der Waals surface area (Å²) in [4.78, 5) is 0.300. The van der Waals surface area contributed by atoms with E-state index in [9.17, 15) is 8.42 Å². The number of fused-ring (bicyclic) bond motifs is 1. The van der Waals surface area contributed by atoms with E-state index in [1.807, 2.05) is 19.9 Å². The molecule has 1 aromatic carbocycles. The van der Waals surface area contributed by atoms with Crippen LogP contribution < -0.4 is 10.0 Å². The first-order valence-corrected chi connectivity index (χ1v) is 8.49. The van der Waals surface area contributed by atoms with E-state index in [1.165, 1.54) is 5.56 Å². The van der Waals surface area contributed by atoms with Crippen LogP contribution in [0.15, 0.2) is 23.1 Å². The van der Waals surface area contributed by atoms with Gasteiger partial charge in [0.1, 0.15) is 0 Å². The van der Waals surface area contributed by atoms with E-state index in [0.717, 1.165) is 25.1 Å². The molecule has 0 saturated carbocycles. The zero-order valence-corrected chi connectivity index (χ0v) is 12.8. The van der Waals surface area contributed by atoms with E-state index in [-0.39, 0.29) is 12.6 Å². The highest BCUT2D eigenvalue weighted by Crippen LogP contribution is 2.25. The third kappa shape index (κ3) is 3.71. The largest absolute Gasteiger partial charge is 0.385 e. The summed E-state index contributed by atoms with van der Waals surface area (Å²) in [5.74, 6) is 0. The fourth-order valence-electron chi connectivity index (χ4n) is 2.26. The molecular weight excluding hydrogens is 276 g/mol. The summed E-state index contributed by atoms with van der Waals surface area (Å²) in [5, 5.41) is 3.24. The maximum Gasteiger partial charge on any atom is 0.240 e. The Balaban J connectivity index is 2.09. The minimum absolute atomic E-state index is 0.134. The van der Waals surface area contributed by atoms with E-state index in [0.29, 0.717) is 11.5 Å². The second kappa shape index (κ2) is 6.56. The zero-order chi connectivity index (χ0) is 14.6. The summed E-state index contributed by atoms with van der Waals surface area (Å²) in [6, 6.07) is 5.27. The van der Waals surface area contributed by atoms with Gasteiger partial charge in [-0.15, -0.1) is 0 Å². The number of rotatable bonds is 6. The Morgan fingerprint density at radius 3 is 3.00 bits per heavy atom. The van der Waals surface area contributed by atoms with Gasteiger partial charge < -0.3 is 10.1 Å². The summed E-state index contributed by atoms with van der Waals surface area (Å²) >= 11 is 0. The van der Waals surface area contributed by atoms with Crippen molar-refractivity contribution in [2.45, 2.75) is 37.7 Å². The number of hydrogen-bond acceptors (Lipinski definition) is 4. The van der Waals surface area contributed by atoms with Crippen molar-refractivity contribution in [2.24, 2.45) is 0 Å². The third-order valence-electron chi connectivity index (χ3n) is 3.34. The molecule has 2 N–H and O–H groups in total. The molecule has 0 aromatic heterocycles. The first-order valence-electron chi connectivity index (χ1n) is 7.01. The maximum absolute atomic E-state index is 12.2. The van der Waals surface area contributed by atoms with Crippen LogP contribution >= 0.6 is 0 Å². The number of ether oxygens (including phenoxy) is 1. The van der Waals surface area contributed by atoms with Crippen molar-refractivity contribution in [1.82, 2.24) is 4.72 Å². The van der Waals surface area contributed by atoms with Crippen LogP contribution in [0, 0.1) is 0 Å². The Morgan fingerprint density at radius 2 is 2.25 bits per heavy atom. The lowest BCUT2D eigenvalue weighted by atomic mass is 10.0. The molecule has 2 rings (SSSR count). The number of anilines is 1. The van der Waals surface area contributed by atoms with Crippen LogP contribution in [-0.2, 0) is 21.2 Å². The van der Waals surface area contributed by atoms with Crippen molar-refractivity contribution < 1.29 is 13.2 Å². The van der Waals surface area contributed by atoms with Crippen LogP contribution in [0.25, 0.3) is 0 Å². The average molecular weight is 298 g/mol. The minimum Gasteiger partial charge on any atom is -0.385 e. The fraction of sp³-hybridized carbons (Fsp3) is 0.571. The molecule has 0 aliphatic carbocycles. The van der Waals surface area contributed by atoms with Crippen LogP contribution in [0.1, 0.15) is 25.8 Å². The van der Waals surface area contributed by atoms with E-state index < -0.39 is 10.0 Å². The van der Waals surface area contributed by atoms with Gasteiger partial charge in [0.25, 0.3) is 0 Å². The lowest BCUT2D eigenvalue weighted by Crippen LogP contribution is -2.32. The molecule has 112 valence electrons. The van der Waals surface area contributed by atoms with Gasteiger partial charge in [-0.25, -0.2) is 13.1 Å². The third-order valence-corrected chi connectivity index (χ3v) is 4.76. The van der Waals surface area contributed by atoms with Gasteiger partial charge in [-0.3, -0.25) is 0 Å². The predicted molar refractivity (Wildman–Crippen MR) is 79.5 cm³/mol. The van der Waals surface area contributed by atoms with E-state index >= 15 is 0 Å². The molecule has 20 heavy (non-hydrogen) atoms. The highest BCUT2D eigenvalue weighted by molar-refractivity contribution is 7.89. The molecule has 0 fully saturated rings. The van der Waals surface area contributed by atoms with Crippen molar-refractivity contribution in [3.63, 3.8) is 0 Å². The molecule has 0 saturated heterocycles. The lowest BCUT2D eigenvalue weighted by Gasteiger charge is -2.19. The molecule has 0 radical (unpaired) electrons. The quantitative estimate of drug-likeness (QED) is 0.839. The van der Waals surface area contributed by atoms with Crippen LogP contribution in [0.4, 0.5) is 5.69 Å². The molecule has 0 amide bonds. The van der Waals surface area contributed by atoms with Gasteiger partial charge in [0.15, 0.2) is 0 Å². The van der Waals surface area contributed by atoms with Crippen LogP contribution in [0.5, 0.6) is 0 Å². The topological polar surface area (TPSA) is 67.4 Å². The predicted octanol–water partition coefficient (Wildman–Crippen LogP) is 1.75. The second-order valence-electron chi connectivity index (χ2n) is 4.97. The molecule has 5 nitrogen and oxygen atoms in total. The van der Waals surface area contributed by atoms with E-state index in [2.05, 4.69) is 10.0 Å². The molecule has 1 heterocycles.